The maximum atomic E-state index is 12.6. The number of carbonyl (C=O) groups excluding carboxylic acids is 1. The number of ether oxygens (including phenoxy) is 1. The van der Waals surface area contributed by atoms with E-state index in [1.165, 1.54) is 30.6 Å². The zero-order chi connectivity index (χ0) is 20.9. The van der Waals surface area contributed by atoms with E-state index in [0.717, 1.165) is 30.2 Å². The molecule has 0 aromatic carbocycles. The zero-order valence-corrected chi connectivity index (χ0v) is 17.7. The summed E-state index contributed by atoms with van der Waals surface area (Å²) in [5.74, 6) is -0.424. The molecule has 0 amide bonds. The fourth-order valence-corrected chi connectivity index (χ4v) is 4.40. The number of hydrogen-bond acceptors (Lipinski definition) is 7. The predicted molar refractivity (Wildman–Crippen MR) is 117 cm³/mol. The minimum atomic E-state index is -0.424. The largest absolute Gasteiger partial charge is 0.461 e. The maximum absolute atomic E-state index is 12.6. The molecule has 0 spiro atoms. The van der Waals surface area contributed by atoms with Crippen LogP contribution in [-0.4, -0.2) is 52.1 Å². The predicted octanol–water partition coefficient (Wildman–Crippen LogP) is 3.51. The first-order valence-corrected chi connectivity index (χ1v) is 11.0. The van der Waals surface area contributed by atoms with Crippen LogP contribution in [0.3, 0.4) is 0 Å². The third-order valence-electron chi connectivity index (χ3n) is 5.26. The summed E-state index contributed by atoms with van der Waals surface area (Å²) in [6.07, 6.45) is 7.08. The van der Waals surface area contributed by atoms with Crippen LogP contribution in [0.25, 0.3) is 21.8 Å². The molecule has 0 aliphatic carbocycles. The van der Waals surface area contributed by atoms with E-state index in [2.05, 4.69) is 19.9 Å². The lowest BCUT2D eigenvalue weighted by Crippen LogP contribution is -2.33. The van der Waals surface area contributed by atoms with Gasteiger partial charge < -0.3 is 9.72 Å². The van der Waals surface area contributed by atoms with Crippen LogP contribution in [0.1, 0.15) is 35.3 Å². The lowest BCUT2D eigenvalue weighted by molar-refractivity contribution is 0.0450. The minimum Gasteiger partial charge on any atom is -0.461 e. The smallest absolute Gasteiger partial charge is 0.339 e. The molecule has 0 radical (unpaired) electrons. The molecule has 7 nitrogen and oxygen atoms in total. The summed E-state index contributed by atoms with van der Waals surface area (Å²) in [6.45, 7) is 4.90. The number of H-pyrrole nitrogens is 1. The SMILES string of the molecule is Cc1[nH]c(=O)c(-c2csc(-c3ccncc3)n2)cc1C(=O)OCCN1CCCCC1. The van der Waals surface area contributed by atoms with Crippen LogP contribution in [0.15, 0.2) is 40.8 Å². The van der Waals surface area contributed by atoms with Crippen molar-refractivity contribution in [3.05, 3.63) is 57.6 Å². The van der Waals surface area contributed by atoms with Crippen LogP contribution >= 0.6 is 11.3 Å². The maximum Gasteiger partial charge on any atom is 0.339 e. The summed E-state index contributed by atoms with van der Waals surface area (Å²) in [7, 11) is 0. The van der Waals surface area contributed by atoms with E-state index in [1.807, 2.05) is 17.5 Å². The Morgan fingerprint density at radius 3 is 2.77 bits per heavy atom. The van der Waals surface area contributed by atoms with Gasteiger partial charge in [-0.3, -0.25) is 14.7 Å². The first kappa shape index (κ1) is 20.4. The Hall–Kier alpha value is -2.84. The van der Waals surface area contributed by atoms with Crippen molar-refractivity contribution in [2.24, 2.45) is 0 Å². The van der Waals surface area contributed by atoms with Crippen molar-refractivity contribution in [3.63, 3.8) is 0 Å². The van der Waals surface area contributed by atoms with Crippen molar-refractivity contribution in [2.45, 2.75) is 26.2 Å². The molecule has 30 heavy (non-hydrogen) atoms. The number of esters is 1. The van der Waals surface area contributed by atoms with Crippen LogP contribution in [0.4, 0.5) is 0 Å². The third-order valence-corrected chi connectivity index (χ3v) is 6.15. The zero-order valence-electron chi connectivity index (χ0n) is 16.9. The standard InChI is InChI=1S/C22H24N4O3S/c1-15-17(22(28)29-12-11-26-9-3-2-4-10-26)13-18(20(27)24-15)19-14-30-21(25-19)16-5-7-23-8-6-16/h5-8,13-14H,2-4,9-12H2,1H3,(H,24,27). The second-order valence-corrected chi connectivity index (χ2v) is 8.22. The normalized spacial score (nSPS) is 14.6. The minimum absolute atomic E-state index is 0.274. The number of piperidine rings is 1. The van der Waals surface area contributed by atoms with Crippen molar-refractivity contribution < 1.29 is 9.53 Å². The molecule has 1 aliphatic rings. The van der Waals surface area contributed by atoms with Crippen molar-refractivity contribution >= 4 is 17.3 Å². The van der Waals surface area contributed by atoms with E-state index in [4.69, 9.17) is 4.74 Å². The number of aryl methyl sites for hydroxylation is 1. The molecule has 1 N–H and O–H groups in total. The van der Waals surface area contributed by atoms with Gasteiger partial charge in [-0.1, -0.05) is 6.42 Å². The van der Waals surface area contributed by atoms with Crippen molar-refractivity contribution in [3.8, 4) is 21.8 Å². The van der Waals surface area contributed by atoms with Gasteiger partial charge in [-0.25, -0.2) is 9.78 Å². The van der Waals surface area contributed by atoms with E-state index in [1.54, 1.807) is 25.4 Å². The van der Waals surface area contributed by atoms with Crippen LogP contribution in [0.5, 0.6) is 0 Å². The van der Waals surface area contributed by atoms with E-state index in [9.17, 15) is 9.59 Å². The number of carbonyl (C=O) groups is 1. The van der Waals surface area contributed by atoms with Gasteiger partial charge in [0.1, 0.15) is 11.6 Å². The summed E-state index contributed by atoms with van der Waals surface area (Å²) in [4.78, 5) is 38.8. The lowest BCUT2D eigenvalue weighted by Gasteiger charge is -2.25. The highest BCUT2D eigenvalue weighted by Gasteiger charge is 2.18. The monoisotopic (exact) mass is 424 g/mol. The van der Waals surface area contributed by atoms with Gasteiger partial charge in [0.05, 0.1) is 16.8 Å². The number of aromatic amines is 1. The van der Waals surface area contributed by atoms with Gasteiger partial charge >= 0.3 is 5.97 Å². The van der Waals surface area contributed by atoms with Crippen LogP contribution in [-0.2, 0) is 4.74 Å². The highest BCUT2D eigenvalue weighted by atomic mass is 32.1. The Morgan fingerprint density at radius 2 is 2.00 bits per heavy atom. The van der Waals surface area contributed by atoms with Gasteiger partial charge in [-0.2, -0.15) is 0 Å². The second-order valence-electron chi connectivity index (χ2n) is 7.36. The highest BCUT2D eigenvalue weighted by Crippen LogP contribution is 2.27. The molecule has 3 aromatic heterocycles. The topological polar surface area (TPSA) is 88.2 Å². The molecule has 4 heterocycles. The van der Waals surface area contributed by atoms with E-state index in [-0.39, 0.29) is 5.56 Å². The van der Waals surface area contributed by atoms with Gasteiger partial charge in [0.15, 0.2) is 0 Å². The molecule has 1 aliphatic heterocycles. The summed E-state index contributed by atoms with van der Waals surface area (Å²) in [6, 6.07) is 5.32. The molecule has 1 fully saturated rings. The molecule has 3 aromatic rings. The van der Waals surface area contributed by atoms with Crippen LogP contribution in [0.2, 0.25) is 0 Å². The van der Waals surface area contributed by atoms with Crippen molar-refractivity contribution in [1.82, 2.24) is 19.9 Å². The lowest BCUT2D eigenvalue weighted by atomic mass is 10.1. The number of rotatable bonds is 6. The number of pyridine rings is 2. The van der Waals surface area contributed by atoms with Crippen molar-refractivity contribution in [1.29, 1.82) is 0 Å². The molecule has 0 unspecified atom stereocenters. The quantitative estimate of drug-likeness (QED) is 0.609. The number of aromatic nitrogens is 3. The average molecular weight is 425 g/mol. The van der Waals surface area contributed by atoms with E-state index >= 15 is 0 Å². The Balaban J connectivity index is 1.50. The summed E-state index contributed by atoms with van der Waals surface area (Å²) < 4.78 is 5.49. The molecule has 0 bridgehead atoms. The fraction of sp³-hybridized carbons (Fsp3) is 0.364. The van der Waals surface area contributed by atoms with Gasteiger partial charge in [0.25, 0.3) is 5.56 Å². The van der Waals surface area contributed by atoms with E-state index < -0.39 is 5.97 Å². The summed E-state index contributed by atoms with van der Waals surface area (Å²) in [5, 5.41) is 2.61. The molecule has 8 heteroatoms. The Bertz CT molecular complexity index is 1070. The molecule has 4 rings (SSSR count). The van der Waals surface area contributed by atoms with Gasteiger partial charge in [-0.05, 0) is 51.1 Å². The Morgan fingerprint density at radius 1 is 1.23 bits per heavy atom. The van der Waals surface area contributed by atoms with Crippen molar-refractivity contribution in [2.75, 3.05) is 26.2 Å². The number of hydrogen-bond donors (Lipinski definition) is 1. The third kappa shape index (κ3) is 4.66. The first-order chi connectivity index (χ1) is 14.6. The number of likely N-dealkylation sites (tertiary alicyclic amines) is 1. The van der Waals surface area contributed by atoms with Gasteiger partial charge in [0, 0.05) is 35.6 Å². The number of nitrogens with zero attached hydrogens (tertiary/aromatic N) is 3. The molecule has 1 saturated heterocycles. The summed E-state index contributed by atoms with van der Waals surface area (Å²) >= 11 is 1.44. The fourth-order valence-electron chi connectivity index (χ4n) is 3.58. The highest BCUT2D eigenvalue weighted by molar-refractivity contribution is 7.13. The molecular formula is C22H24N4O3S. The average Bonchev–Trinajstić information content (AvgIpc) is 3.25. The molecular weight excluding hydrogens is 400 g/mol. The second kappa shape index (κ2) is 9.32. The Kier molecular flexibility index (Phi) is 6.35. The summed E-state index contributed by atoms with van der Waals surface area (Å²) in [5.41, 5.74) is 2.42. The van der Waals surface area contributed by atoms with E-state index in [0.29, 0.717) is 29.1 Å². The number of thiazole rings is 1. The van der Waals surface area contributed by atoms with Gasteiger partial charge in [-0.15, -0.1) is 11.3 Å². The van der Waals surface area contributed by atoms with Crippen LogP contribution < -0.4 is 5.56 Å². The molecule has 156 valence electrons. The first-order valence-electron chi connectivity index (χ1n) is 10.1. The van der Waals surface area contributed by atoms with Gasteiger partial charge in [0.2, 0.25) is 0 Å². The molecule has 0 saturated carbocycles. The van der Waals surface area contributed by atoms with Crippen LogP contribution in [0, 0.1) is 6.92 Å². The number of nitrogens with one attached hydrogen (secondary N) is 1. The Labute approximate surface area is 178 Å². The molecule has 0 atom stereocenters.